The first-order valence-electron chi connectivity index (χ1n) is 6.20. The molecule has 0 saturated carbocycles. The van der Waals surface area contributed by atoms with Gasteiger partial charge in [0.2, 0.25) is 0 Å². The molecule has 0 saturated heterocycles. The predicted octanol–water partition coefficient (Wildman–Crippen LogP) is 4.19. The molecule has 0 spiro atoms. The highest BCUT2D eigenvalue weighted by molar-refractivity contribution is 6.35. The standard InChI is InChI=1S/C16H16ClNO2/c1-10-4-6-14(17)12(8-10)16(18-19)13-9-11(2)5-7-15(13)20-3/h4-9,19H,1-3H3/b18-16-. The van der Waals surface area contributed by atoms with Crippen LogP contribution in [0.25, 0.3) is 0 Å². The van der Waals surface area contributed by atoms with Gasteiger partial charge in [-0.3, -0.25) is 0 Å². The SMILES string of the molecule is COc1ccc(C)cc1/C(=N\O)c1cc(C)ccc1Cl. The molecule has 0 aliphatic heterocycles. The zero-order chi connectivity index (χ0) is 14.7. The molecule has 0 fully saturated rings. The van der Waals surface area contributed by atoms with Gasteiger partial charge in [-0.15, -0.1) is 0 Å². The summed E-state index contributed by atoms with van der Waals surface area (Å²) in [6.07, 6.45) is 0. The van der Waals surface area contributed by atoms with E-state index in [0.29, 0.717) is 27.6 Å². The maximum Gasteiger partial charge on any atom is 0.128 e. The lowest BCUT2D eigenvalue weighted by Gasteiger charge is -2.12. The number of methoxy groups -OCH3 is 1. The lowest BCUT2D eigenvalue weighted by molar-refractivity contribution is 0.319. The third kappa shape index (κ3) is 2.78. The summed E-state index contributed by atoms with van der Waals surface area (Å²) in [4.78, 5) is 0. The summed E-state index contributed by atoms with van der Waals surface area (Å²) < 4.78 is 5.34. The number of aryl methyl sites for hydroxylation is 2. The van der Waals surface area contributed by atoms with E-state index in [4.69, 9.17) is 16.3 Å². The average Bonchev–Trinajstić information content (AvgIpc) is 2.44. The predicted molar refractivity (Wildman–Crippen MR) is 81.3 cm³/mol. The highest BCUT2D eigenvalue weighted by atomic mass is 35.5. The maximum absolute atomic E-state index is 9.43. The number of oxime groups is 1. The van der Waals surface area contributed by atoms with Crippen LogP contribution in [0.2, 0.25) is 5.02 Å². The van der Waals surface area contributed by atoms with Crippen LogP contribution in [0.5, 0.6) is 5.75 Å². The van der Waals surface area contributed by atoms with Gasteiger partial charge in [0, 0.05) is 11.1 Å². The first kappa shape index (κ1) is 14.4. The second-order valence-electron chi connectivity index (χ2n) is 4.64. The topological polar surface area (TPSA) is 41.8 Å². The van der Waals surface area contributed by atoms with Gasteiger partial charge in [0.05, 0.1) is 12.1 Å². The molecule has 0 bridgehead atoms. The molecular formula is C16H16ClNO2. The molecule has 2 aromatic rings. The summed E-state index contributed by atoms with van der Waals surface area (Å²) in [6.45, 7) is 3.93. The van der Waals surface area contributed by atoms with Crippen molar-refractivity contribution in [1.29, 1.82) is 0 Å². The Bertz CT molecular complexity index is 666. The van der Waals surface area contributed by atoms with Crippen molar-refractivity contribution in [1.82, 2.24) is 0 Å². The Labute approximate surface area is 123 Å². The lowest BCUT2D eigenvalue weighted by Crippen LogP contribution is -2.07. The van der Waals surface area contributed by atoms with Crippen LogP contribution in [0, 0.1) is 13.8 Å². The van der Waals surface area contributed by atoms with Crippen LogP contribution in [0.15, 0.2) is 41.6 Å². The molecule has 1 N–H and O–H groups in total. The normalized spacial score (nSPS) is 11.5. The van der Waals surface area contributed by atoms with Crippen molar-refractivity contribution in [3.63, 3.8) is 0 Å². The van der Waals surface area contributed by atoms with Crippen LogP contribution in [-0.2, 0) is 0 Å². The Kier molecular flexibility index (Phi) is 4.30. The molecule has 4 heteroatoms. The van der Waals surface area contributed by atoms with Gasteiger partial charge in [0.25, 0.3) is 0 Å². The first-order chi connectivity index (χ1) is 9.56. The van der Waals surface area contributed by atoms with E-state index in [1.165, 1.54) is 0 Å². The fourth-order valence-electron chi connectivity index (χ4n) is 2.08. The van der Waals surface area contributed by atoms with Gasteiger partial charge in [0.1, 0.15) is 11.5 Å². The minimum atomic E-state index is 0.402. The molecule has 0 unspecified atom stereocenters. The monoisotopic (exact) mass is 289 g/mol. The zero-order valence-corrected chi connectivity index (χ0v) is 12.4. The first-order valence-corrected chi connectivity index (χ1v) is 6.58. The molecule has 0 aliphatic carbocycles. The van der Waals surface area contributed by atoms with E-state index in [0.717, 1.165) is 11.1 Å². The van der Waals surface area contributed by atoms with Crippen LogP contribution >= 0.6 is 11.6 Å². The summed E-state index contributed by atoms with van der Waals surface area (Å²) in [5, 5.41) is 13.4. The number of hydrogen-bond acceptors (Lipinski definition) is 3. The molecule has 3 nitrogen and oxygen atoms in total. The van der Waals surface area contributed by atoms with Crippen molar-refractivity contribution in [2.75, 3.05) is 7.11 Å². The molecule has 104 valence electrons. The second kappa shape index (κ2) is 5.97. The molecule has 0 amide bonds. The largest absolute Gasteiger partial charge is 0.496 e. The summed E-state index contributed by atoms with van der Waals surface area (Å²) in [5.41, 5.74) is 3.88. The van der Waals surface area contributed by atoms with Crippen molar-refractivity contribution >= 4 is 17.3 Å². The number of halogens is 1. The molecule has 0 radical (unpaired) electrons. The van der Waals surface area contributed by atoms with Gasteiger partial charge in [-0.2, -0.15) is 0 Å². The van der Waals surface area contributed by atoms with Crippen molar-refractivity contribution in [3.05, 3.63) is 63.7 Å². The van der Waals surface area contributed by atoms with Crippen LogP contribution in [0.1, 0.15) is 22.3 Å². The van der Waals surface area contributed by atoms with Crippen LogP contribution in [0.3, 0.4) is 0 Å². The third-order valence-electron chi connectivity index (χ3n) is 3.09. The lowest BCUT2D eigenvalue weighted by atomic mass is 9.98. The Hall–Kier alpha value is -2.00. The van der Waals surface area contributed by atoms with Gasteiger partial charge < -0.3 is 9.94 Å². The smallest absolute Gasteiger partial charge is 0.128 e. The Balaban J connectivity index is 2.65. The highest BCUT2D eigenvalue weighted by Gasteiger charge is 2.16. The fourth-order valence-corrected chi connectivity index (χ4v) is 2.29. The van der Waals surface area contributed by atoms with Gasteiger partial charge >= 0.3 is 0 Å². The van der Waals surface area contributed by atoms with E-state index in [1.807, 2.05) is 44.2 Å². The Morgan fingerprint density at radius 3 is 2.25 bits per heavy atom. The molecule has 20 heavy (non-hydrogen) atoms. The van der Waals surface area contributed by atoms with Gasteiger partial charge in [-0.25, -0.2) is 0 Å². The third-order valence-corrected chi connectivity index (χ3v) is 3.42. The Morgan fingerprint density at radius 1 is 1.05 bits per heavy atom. The summed E-state index contributed by atoms with van der Waals surface area (Å²) >= 11 is 6.22. The van der Waals surface area contributed by atoms with Crippen molar-refractivity contribution in [2.24, 2.45) is 5.16 Å². The van der Waals surface area contributed by atoms with Crippen molar-refractivity contribution in [2.45, 2.75) is 13.8 Å². The van der Waals surface area contributed by atoms with Gasteiger partial charge in [-0.05, 0) is 38.1 Å². The minimum Gasteiger partial charge on any atom is -0.496 e. The van der Waals surface area contributed by atoms with E-state index in [9.17, 15) is 5.21 Å². The summed E-state index contributed by atoms with van der Waals surface area (Å²) in [7, 11) is 1.58. The number of benzene rings is 2. The summed E-state index contributed by atoms with van der Waals surface area (Å²) in [5.74, 6) is 0.640. The fraction of sp³-hybridized carbons (Fsp3) is 0.188. The molecule has 0 atom stereocenters. The molecule has 0 aromatic heterocycles. The van der Waals surface area contributed by atoms with E-state index in [-0.39, 0.29) is 0 Å². The van der Waals surface area contributed by atoms with Crippen LogP contribution < -0.4 is 4.74 Å². The quantitative estimate of drug-likeness (QED) is 0.523. The average molecular weight is 290 g/mol. The second-order valence-corrected chi connectivity index (χ2v) is 5.04. The molecule has 2 aromatic carbocycles. The number of nitrogens with zero attached hydrogens (tertiary/aromatic N) is 1. The zero-order valence-electron chi connectivity index (χ0n) is 11.6. The number of ether oxygens (including phenoxy) is 1. The summed E-state index contributed by atoms with van der Waals surface area (Å²) in [6, 6.07) is 11.3. The van der Waals surface area contributed by atoms with Crippen LogP contribution in [0.4, 0.5) is 0 Å². The van der Waals surface area contributed by atoms with E-state index in [2.05, 4.69) is 5.16 Å². The van der Waals surface area contributed by atoms with Gasteiger partial charge in [0.15, 0.2) is 0 Å². The van der Waals surface area contributed by atoms with Crippen molar-refractivity contribution in [3.8, 4) is 5.75 Å². The molecular weight excluding hydrogens is 274 g/mol. The van der Waals surface area contributed by atoms with Crippen molar-refractivity contribution < 1.29 is 9.94 Å². The number of rotatable bonds is 3. The van der Waals surface area contributed by atoms with Crippen LogP contribution in [-0.4, -0.2) is 18.0 Å². The molecule has 2 rings (SSSR count). The molecule has 0 heterocycles. The van der Waals surface area contributed by atoms with E-state index >= 15 is 0 Å². The van der Waals surface area contributed by atoms with E-state index < -0.39 is 0 Å². The highest BCUT2D eigenvalue weighted by Crippen LogP contribution is 2.27. The van der Waals surface area contributed by atoms with E-state index in [1.54, 1.807) is 13.2 Å². The molecule has 0 aliphatic rings. The maximum atomic E-state index is 9.43. The Morgan fingerprint density at radius 2 is 1.65 bits per heavy atom. The minimum absolute atomic E-state index is 0.402. The number of hydrogen-bond donors (Lipinski definition) is 1. The van der Waals surface area contributed by atoms with Gasteiger partial charge in [-0.1, -0.05) is 40.0 Å².